The van der Waals surface area contributed by atoms with Crippen LogP contribution in [0.1, 0.15) is 22.5 Å². The quantitative estimate of drug-likeness (QED) is 0.945. The molecule has 0 atom stereocenters. The first kappa shape index (κ1) is 15.4. The molecule has 2 rings (SSSR count). The normalized spacial score (nSPS) is 11.7. The maximum absolute atomic E-state index is 13.1. The van der Waals surface area contributed by atoms with Crippen molar-refractivity contribution in [2.24, 2.45) is 5.73 Å². The summed E-state index contributed by atoms with van der Waals surface area (Å²) >= 11 is 0. The Morgan fingerprint density at radius 2 is 1.62 bits per heavy atom. The van der Waals surface area contributed by atoms with Gasteiger partial charge in [0.15, 0.2) is 5.82 Å². The Labute approximate surface area is 121 Å². The molecule has 0 saturated heterocycles. The van der Waals surface area contributed by atoms with E-state index in [1.807, 2.05) is 0 Å². The van der Waals surface area contributed by atoms with Crippen molar-refractivity contribution in [3.05, 3.63) is 46.8 Å². The molecule has 0 saturated carbocycles. The van der Waals surface area contributed by atoms with Gasteiger partial charge in [0.05, 0.1) is 5.56 Å². The third kappa shape index (κ3) is 3.21. The first-order valence-electron chi connectivity index (χ1n) is 6.55. The van der Waals surface area contributed by atoms with Crippen molar-refractivity contribution in [1.82, 2.24) is 9.97 Å². The van der Waals surface area contributed by atoms with Crippen LogP contribution in [0.25, 0.3) is 11.4 Å². The van der Waals surface area contributed by atoms with E-state index in [1.54, 1.807) is 19.9 Å². The summed E-state index contributed by atoms with van der Waals surface area (Å²) in [6.45, 7) is 3.97. The number of halogens is 3. The SMILES string of the molecule is Cc1nc(-c2ccccc2C(F)(F)F)nc(C)c1CCN. The Kier molecular flexibility index (Phi) is 4.27. The Balaban J connectivity index is 2.59. The Hall–Kier alpha value is -1.95. The van der Waals surface area contributed by atoms with E-state index in [0.717, 1.165) is 11.6 Å². The standard InChI is InChI=1S/C15H16F3N3/c1-9-11(7-8-19)10(2)21-14(20-9)12-5-3-4-6-13(12)15(16,17)18/h3-6H,7-8,19H2,1-2H3. The predicted octanol–water partition coefficient (Wildman–Crippen LogP) is 3.28. The van der Waals surface area contributed by atoms with Gasteiger partial charge in [0.2, 0.25) is 0 Å². The number of rotatable bonds is 3. The molecule has 2 aromatic rings. The molecule has 1 aromatic carbocycles. The maximum atomic E-state index is 13.1. The van der Waals surface area contributed by atoms with Gasteiger partial charge < -0.3 is 5.73 Å². The lowest BCUT2D eigenvalue weighted by atomic mass is 10.0. The van der Waals surface area contributed by atoms with Crippen LogP contribution in [0.4, 0.5) is 13.2 Å². The molecule has 0 fully saturated rings. The minimum Gasteiger partial charge on any atom is -0.330 e. The van der Waals surface area contributed by atoms with E-state index < -0.39 is 11.7 Å². The van der Waals surface area contributed by atoms with Crippen LogP contribution in [0.5, 0.6) is 0 Å². The van der Waals surface area contributed by atoms with Crippen molar-refractivity contribution < 1.29 is 13.2 Å². The van der Waals surface area contributed by atoms with Crippen molar-refractivity contribution in [1.29, 1.82) is 0 Å². The van der Waals surface area contributed by atoms with E-state index in [2.05, 4.69) is 9.97 Å². The Morgan fingerprint density at radius 3 is 2.14 bits per heavy atom. The molecule has 0 aliphatic carbocycles. The van der Waals surface area contributed by atoms with Gasteiger partial charge in [-0.2, -0.15) is 13.2 Å². The van der Waals surface area contributed by atoms with Gasteiger partial charge in [-0.3, -0.25) is 0 Å². The summed E-state index contributed by atoms with van der Waals surface area (Å²) in [5.74, 6) is 0.0960. The van der Waals surface area contributed by atoms with E-state index in [-0.39, 0.29) is 11.4 Å². The number of nitrogens with two attached hydrogens (primary N) is 1. The van der Waals surface area contributed by atoms with Crippen LogP contribution in [-0.4, -0.2) is 16.5 Å². The van der Waals surface area contributed by atoms with Crippen molar-refractivity contribution in [3.63, 3.8) is 0 Å². The van der Waals surface area contributed by atoms with Crippen LogP contribution in [0.15, 0.2) is 24.3 Å². The molecular weight excluding hydrogens is 279 g/mol. The second kappa shape index (κ2) is 5.81. The van der Waals surface area contributed by atoms with Gasteiger partial charge in [-0.1, -0.05) is 18.2 Å². The minimum atomic E-state index is -4.43. The summed E-state index contributed by atoms with van der Waals surface area (Å²) in [4.78, 5) is 8.46. The van der Waals surface area contributed by atoms with Gasteiger partial charge in [0, 0.05) is 17.0 Å². The van der Waals surface area contributed by atoms with Gasteiger partial charge in [-0.15, -0.1) is 0 Å². The zero-order valence-electron chi connectivity index (χ0n) is 11.8. The van der Waals surface area contributed by atoms with Gasteiger partial charge in [-0.25, -0.2) is 9.97 Å². The van der Waals surface area contributed by atoms with Crippen molar-refractivity contribution in [2.45, 2.75) is 26.4 Å². The van der Waals surface area contributed by atoms with Crippen LogP contribution < -0.4 is 5.73 Å². The van der Waals surface area contributed by atoms with E-state index in [0.29, 0.717) is 24.4 Å². The fourth-order valence-electron chi connectivity index (χ4n) is 2.29. The lowest BCUT2D eigenvalue weighted by Crippen LogP contribution is -2.11. The van der Waals surface area contributed by atoms with E-state index in [4.69, 9.17) is 5.73 Å². The van der Waals surface area contributed by atoms with Crippen LogP contribution >= 0.6 is 0 Å². The molecule has 0 aliphatic heterocycles. The summed E-state index contributed by atoms with van der Waals surface area (Å²) in [7, 11) is 0. The molecule has 0 unspecified atom stereocenters. The minimum absolute atomic E-state index is 0.00417. The first-order valence-corrected chi connectivity index (χ1v) is 6.55. The van der Waals surface area contributed by atoms with Crippen LogP contribution in [-0.2, 0) is 12.6 Å². The number of nitrogens with zero attached hydrogens (tertiary/aromatic N) is 2. The van der Waals surface area contributed by atoms with Crippen LogP contribution in [0, 0.1) is 13.8 Å². The van der Waals surface area contributed by atoms with E-state index in [9.17, 15) is 13.2 Å². The lowest BCUT2D eigenvalue weighted by molar-refractivity contribution is -0.137. The molecule has 0 spiro atoms. The number of alkyl halides is 3. The molecule has 6 heteroatoms. The summed E-state index contributed by atoms with van der Waals surface area (Å²) in [6, 6.07) is 5.33. The molecule has 0 amide bonds. The number of aryl methyl sites for hydroxylation is 2. The zero-order chi connectivity index (χ0) is 15.6. The van der Waals surface area contributed by atoms with Gasteiger partial charge in [0.1, 0.15) is 0 Å². The molecule has 3 nitrogen and oxygen atoms in total. The first-order chi connectivity index (χ1) is 9.84. The zero-order valence-corrected chi connectivity index (χ0v) is 11.8. The average Bonchev–Trinajstić information content (AvgIpc) is 2.42. The molecule has 0 radical (unpaired) electrons. The molecular formula is C15H16F3N3. The summed E-state index contributed by atoms with van der Waals surface area (Å²) in [5.41, 5.74) is 7.02. The monoisotopic (exact) mass is 295 g/mol. The van der Waals surface area contributed by atoms with Gasteiger partial charge in [0.25, 0.3) is 0 Å². The van der Waals surface area contributed by atoms with Crippen LogP contribution in [0.3, 0.4) is 0 Å². The molecule has 21 heavy (non-hydrogen) atoms. The predicted molar refractivity (Wildman–Crippen MR) is 74.7 cm³/mol. The Bertz CT molecular complexity index is 628. The van der Waals surface area contributed by atoms with Gasteiger partial charge in [-0.05, 0) is 38.4 Å². The average molecular weight is 295 g/mol. The number of benzene rings is 1. The van der Waals surface area contributed by atoms with E-state index in [1.165, 1.54) is 12.1 Å². The third-order valence-electron chi connectivity index (χ3n) is 3.29. The fourth-order valence-corrected chi connectivity index (χ4v) is 2.29. The number of hydrogen-bond donors (Lipinski definition) is 1. The molecule has 0 bridgehead atoms. The van der Waals surface area contributed by atoms with Crippen molar-refractivity contribution >= 4 is 0 Å². The fraction of sp³-hybridized carbons (Fsp3) is 0.333. The van der Waals surface area contributed by atoms with Crippen molar-refractivity contribution in [3.8, 4) is 11.4 Å². The molecule has 112 valence electrons. The summed E-state index contributed by atoms with van der Waals surface area (Å²) in [5, 5.41) is 0. The smallest absolute Gasteiger partial charge is 0.330 e. The highest BCUT2D eigenvalue weighted by Crippen LogP contribution is 2.36. The second-order valence-corrected chi connectivity index (χ2v) is 4.78. The largest absolute Gasteiger partial charge is 0.417 e. The lowest BCUT2D eigenvalue weighted by Gasteiger charge is -2.14. The highest BCUT2D eigenvalue weighted by Gasteiger charge is 2.34. The maximum Gasteiger partial charge on any atom is 0.417 e. The van der Waals surface area contributed by atoms with E-state index >= 15 is 0 Å². The molecule has 2 N–H and O–H groups in total. The highest BCUT2D eigenvalue weighted by molar-refractivity contribution is 5.61. The van der Waals surface area contributed by atoms with Crippen LogP contribution in [0.2, 0.25) is 0 Å². The van der Waals surface area contributed by atoms with Crippen molar-refractivity contribution in [2.75, 3.05) is 6.54 Å². The topological polar surface area (TPSA) is 51.8 Å². The highest BCUT2D eigenvalue weighted by atomic mass is 19.4. The Morgan fingerprint density at radius 1 is 1.05 bits per heavy atom. The molecule has 1 aromatic heterocycles. The molecule has 0 aliphatic rings. The van der Waals surface area contributed by atoms with Gasteiger partial charge >= 0.3 is 6.18 Å². The number of aromatic nitrogens is 2. The summed E-state index contributed by atoms with van der Waals surface area (Å²) in [6.07, 6.45) is -3.82. The third-order valence-corrected chi connectivity index (χ3v) is 3.29. The molecule has 1 heterocycles. The second-order valence-electron chi connectivity index (χ2n) is 4.78. The number of hydrogen-bond acceptors (Lipinski definition) is 3. The summed E-state index contributed by atoms with van der Waals surface area (Å²) < 4.78 is 39.2.